The molecule has 0 saturated heterocycles. The largest absolute Gasteiger partial charge is 0.347 e. The first kappa shape index (κ1) is 12.4. The van der Waals surface area contributed by atoms with Crippen molar-refractivity contribution in [1.82, 2.24) is 10.2 Å². The molecule has 0 aliphatic heterocycles. The van der Waals surface area contributed by atoms with Gasteiger partial charge >= 0.3 is 0 Å². The fourth-order valence-corrected chi connectivity index (χ4v) is 1.21. The Hall–Kier alpha value is -0.580. The van der Waals surface area contributed by atoms with E-state index in [-0.39, 0.29) is 11.8 Å². The van der Waals surface area contributed by atoms with Crippen molar-refractivity contribution in [3.8, 4) is 0 Å². The molecule has 0 aliphatic carbocycles. The van der Waals surface area contributed by atoms with Gasteiger partial charge in [-0.3, -0.25) is 9.59 Å². The van der Waals surface area contributed by atoms with Crippen molar-refractivity contribution in [3.63, 3.8) is 0 Å². The molecule has 2 amide bonds. The highest BCUT2D eigenvalue weighted by Crippen LogP contribution is 1.92. The fraction of sp³-hybridized carbons (Fsp3) is 0.750. The minimum Gasteiger partial charge on any atom is -0.347 e. The summed E-state index contributed by atoms with van der Waals surface area (Å²) in [4.78, 5) is 23.8. The first-order valence-electron chi connectivity index (χ1n) is 4.05. The molecular formula is C8H15BrN2O2. The molecule has 0 bridgehead atoms. The second kappa shape index (κ2) is 5.96. The zero-order chi connectivity index (χ0) is 10.4. The van der Waals surface area contributed by atoms with Gasteiger partial charge in [0.25, 0.3) is 0 Å². The van der Waals surface area contributed by atoms with Crippen LogP contribution in [0.4, 0.5) is 0 Å². The van der Waals surface area contributed by atoms with Crippen LogP contribution in [0.3, 0.4) is 0 Å². The summed E-state index contributed by atoms with van der Waals surface area (Å²) in [5.41, 5.74) is 0. The summed E-state index contributed by atoms with van der Waals surface area (Å²) in [6, 6.07) is -0.443. The van der Waals surface area contributed by atoms with Crippen molar-refractivity contribution in [3.05, 3.63) is 0 Å². The van der Waals surface area contributed by atoms with E-state index in [1.807, 2.05) is 0 Å². The zero-order valence-corrected chi connectivity index (χ0v) is 9.72. The second-order valence-corrected chi connectivity index (χ2v) is 3.75. The summed E-state index contributed by atoms with van der Waals surface area (Å²) >= 11 is 3.15. The first-order chi connectivity index (χ1) is 5.99. The number of likely N-dealkylation sites (N-methyl/N-ethyl adjacent to an activating group) is 1. The number of rotatable bonds is 4. The van der Waals surface area contributed by atoms with E-state index in [0.717, 1.165) is 0 Å². The molecule has 1 unspecified atom stereocenters. The zero-order valence-electron chi connectivity index (χ0n) is 8.13. The maximum Gasteiger partial charge on any atom is 0.244 e. The Morgan fingerprint density at radius 2 is 2.00 bits per heavy atom. The van der Waals surface area contributed by atoms with E-state index in [1.165, 1.54) is 4.90 Å². The van der Waals surface area contributed by atoms with Crippen molar-refractivity contribution < 1.29 is 9.59 Å². The Morgan fingerprint density at radius 1 is 1.46 bits per heavy atom. The van der Waals surface area contributed by atoms with Crippen LogP contribution in [0.1, 0.15) is 13.3 Å². The summed E-state index contributed by atoms with van der Waals surface area (Å²) in [6.45, 7) is 1.68. The van der Waals surface area contributed by atoms with Gasteiger partial charge in [0, 0.05) is 25.8 Å². The lowest BCUT2D eigenvalue weighted by atomic mass is 10.3. The SMILES string of the molecule is CC(NC(=O)CCBr)C(=O)N(C)C. The van der Waals surface area contributed by atoms with Crippen molar-refractivity contribution in [2.24, 2.45) is 0 Å². The molecule has 0 aromatic rings. The van der Waals surface area contributed by atoms with Crippen LogP contribution in [0.25, 0.3) is 0 Å². The smallest absolute Gasteiger partial charge is 0.244 e. The van der Waals surface area contributed by atoms with Crippen LogP contribution in [0.2, 0.25) is 0 Å². The number of alkyl halides is 1. The standard InChI is InChI=1S/C8H15BrN2O2/c1-6(8(13)11(2)3)10-7(12)4-5-9/h6H,4-5H2,1-3H3,(H,10,12). The molecule has 1 atom stereocenters. The summed E-state index contributed by atoms with van der Waals surface area (Å²) in [7, 11) is 3.32. The maximum absolute atomic E-state index is 11.3. The van der Waals surface area contributed by atoms with E-state index in [2.05, 4.69) is 21.2 Å². The predicted molar refractivity (Wildman–Crippen MR) is 54.7 cm³/mol. The Kier molecular flexibility index (Phi) is 5.70. The number of hydrogen-bond acceptors (Lipinski definition) is 2. The number of carbonyl (C=O) groups is 2. The Bertz CT molecular complexity index is 195. The molecular weight excluding hydrogens is 236 g/mol. The summed E-state index contributed by atoms with van der Waals surface area (Å²) in [5, 5.41) is 3.21. The lowest BCUT2D eigenvalue weighted by molar-refractivity contribution is -0.133. The number of hydrogen-bond donors (Lipinski definition) is 1. The van der Waals surface area contributed by atoms with Gasteiger partial charge in [0.05, 0.1) is 0 Å². The molecule has 0 aromatic heterocycles. The summed E-state index contributed by atoms with van der Waals surface area (Å²) in [6.07, 6.45) is 0.394. The normalized spacial score (nSPS) is 12.0. The van der Waals surface area contributed by atoms with Gasteiger partial charge in [-0.1, -0.05) is 15.9 Å². The molecule has 5 heteroatoms. The van der Waals surface area contributed by atoms with Gasteiger partial charge in [0.1, 0.15) is 6.04 Å². The molecule has 0 aromatic carbocycles. The molecule has 4 nitrogen and oxygen atoms in total. The summed E-state index contributed by atoms with van der Waals surface area (Å²) < 4.78 is 0. The average Bonchev–Trinajstić information content (AvgIpc) is 2.03. The highest BCUT2D eigenvalue weighted by atomic mass is 79.9. The fourth-order valence-electron chi connectivity index (χ4n) is 0.849. The maximum atomic E-state index is 11.3. The third-order valence-corrected chi connectivity index (χ3v) is 1.91. The molecule has 76 valence electrons. The second-order valence-electron chi connectivity index (χ2n) is 2.96. The van der Waals surface area contributed by atoms with Gasteiger partial charge < -0.3 is 10.2 Å². The lowest BCUT2D eigenvalue weighted by Crippen LogP contribution is -2.44. The third-order valence-electron chi connectivity index (χ3n) is 1.51. The number of carbonyl (C=O) groups excluding carboxylic acids is 2. The monoisotopic (exact) mass is 250 g/mol. The van der Waals surface area contributed by atoms with Gasteiger partial charge in [0.15, 0.2) is 0 Å². The Balaban J connectivity index is 3.92. The van der Waals surface area contributed by atoms with Crippen LogP contribution in [-0.2, 0) is 9.59 Å². The highest BCUT2D eigenvalue weighted by Gasteiger charge is 2.16. The van der Waals surface area contributed by atoms with Gasteiger partial charge in [0.2, 0.25) is 11.8 Å². The molecule has 0 saturated carbocycles. The van der Waals surface area contributed by atoms with Crippen molar-refractivity contribution >= 4 is 27.7 Å². The van der Waals surface area contributed by atoms with Crippen molar-refractivity contribution in [1.29, 1.82) is 0 Å². The van der Waals surface area contributed by atoms with Crippen LogP contribution in [0.15, 0.2) is 0 Å². The molecule has 0 fully saturated rings. The molecule has 0 rings (SSSR count). The molecule has 0 heterocycles. The highest BCUT2D eigenvalue weighted by molar-refractivity contribution is 9.09. The number of amides is 2. The van der Waals surface area contributed by atoms with Crippen molar-refractivity contribution in [2.45, 2.75) is 19.4 Å². The summed E-state index contributed by atoms with van der Waals surface area (Å²) in [5.74, 6) is -0.206. The predicted octanol–water partition coefficient (Wildman–Crippen LogP) is 0.364. The molecule has 13 heavy (non-hydrogen) atoms. The van der Waals surface area contributed by atoms with Crippen LogP contribution in [-0.4, -0.2) is 42.2 Å². The van der Waals surface area contributed by atoms with E-state index in [4.69, 9.17) is 0 Å². The molecule has 0 radical (unpaired) electrons. The molecule has 0 spiro atoms. The topological polar surface area (TPSA) is 49.4 Å². The third kappa shape index (κ3) is 4.87. The number of nitrogens with one attached hydrogen (secondary N) is 1. The van der Waals surface area contributed by atoms with Gasteiger partial charge in [-0.25, -0.2) is 0 Å². The number of nitrogens with zero attached hydrogens (tertiary/aromatic N) is 1. The number of halogens is 1. The lowest BCUT2D eigenvalue weighted by Gasteiger charge is -2.17. The van der Waals surface area contributed by atoms with Crippen LogP contribution in [0.5, 0.6) is 0 Å². The van der Waals surface area contributed by atoms with Crippen molar-refractivity contribution in [2.75, 3.05) is 19.4 Å². The van der Waals surface area contributed by atoms with Crippen LogP contribution >= 0.6 is 15.9 Å². The van der Waals surface area contributed by atoms with Crippen LogP contribution < -0.4 is 5.32 Å². The van der Waals surface area contributed by atoms with E-state index < -0.39 is 6.04 Å². The van der Waals surface area contributed by atoms with Gasteiger partial charge in [-0.15, -0.1) is 0 Å². The molecule has 1 N–H and O–H groups in total. The van der Waals surface area contributed by atoms with E-state index in [9.17, 15) is 9.59 Å². The van der Waals surface area contributed by atoms with E-state index >= 15 is 0 Å². The van der Waals surface area contributed by atoms with E-state index in [1.54, 1.807) is 21.0 Å². The van der Waals surface area contributed by atoms with Gasteiger partial charge in [-0.05, 0) is 6.92 Å². The minimum atomic E-state index is -0.443. The Labute approximate surface area is 86.8 Å². The molecule has 0 aliphatic rings. The van der Waals surface area contributed by atoms with Crippen LogP contribution in [0, 0.1) is 0 Å². The first-order valence-corrected chi connectivity index (χ1v) is 5.17. The van der Waals surface area contributed by atoms with Gasteiger partial charge in [-0.2, -0.15) is 0 Å². The quantitative estimate of drug-likeness (QED) is 0.733. The van der Waals surface area contributed by atoms with E-state index in [0.29, 0.717) is 11.8 Å². The average molecular weight is 251 g/mol. The Morgan fingerprint density at radius 3 is 2.38 bits per heavy atom. The minimum absolute atomic E-state index is 0.0945.